The van der Waals surface area contributed by atoms with E-state index in [0.29, 0.717) is 37.4 Å². The van der Waals surface area contributed by atoms with Gasteiger partial charge in [0.25, 0.3) is 0 Å². The molecule has 0 aliphatic heterocycles. The number of aromatic nitrogens is 3. The van der Waals surface area contributed by atoms with Crippen molar-refractivity contribution in [2.45, 2.75) is 63.6 Å². The quantitative estimate of drug-likeness (QED) is 0.193. The highest BCUT2D eigenvalue weighted by atomic mass is 28.4. The van der Waals surface area contributed by atoms with Gasteiger partial charge in [-0.15, -0.1) is 0 Å². The molecule has 1 rings (SSSR count). The minimum absolute atomic E-state index is 0.0677. The Balaban J connectivity index is 3.35. The Hall–Kier alpha value is -1.26. The van der Waals surface area contributed by atoms with Gasteiger partial charge >= 0.3 is 43.2 Å². The Morgan fingerprint density at radius 2 is 0.737 bits per heavy atom. The lowest BCUT2D eigenvalue weighted by Gasteiger charge is -2.25. The van der Waals surface area contributed by atoms with Gasteiger partial charge in [0.05, 0.1) is 0 Å². The predicted octanol–water partition coefficient (Wildman–Crippen LogP) is 0.463. The lowest BCUT2D eigenvalue weighted by Crippen LogP contribution is -2.55. The molecule has 14 nitrogen and oxygen atoms in total. The molecule has 0 aliphatic carbocycles. The van der Waals surface area contributed by atoms with Gasteiger partial charge in [0.2, 0.25) is 0 Å². The third kappa shape index (κ3) is 8.62. The predicted molar refractivity (Wildman–Crippen MR) is 147 cm³/mol. The van der Waals surface area contributed by atoms with Crippen molar-refractivity contribution < 1.29 is 35.4 Å². The van der Waals surface area contributed by atoms with E-state index in [0.717, 1.165) is 13.7 Å². The molecule has 17 heteroatoms. The third-order valence-corrected chi connectivity index (χ3v) is 15.5. The number of rotatable bonds is 20. The molecule has 0 bridgehead atoms. The summed E-state index contributed by atoms with van der Waals surface area (Å²) in [5.41, 5.74) is -2.00. The van der Waals surface area contributed by atoms with Crippen molar-refractivity contribution in [3.8, 4) is 0 Å². The molecule has 38 heavy (non-hydrogen) atoms. The fraction of sp³-hybridized carbons (Fsp3) is 0.857. The van der Waals surface area contributed by atoms with Crippen LogP contribution in [0.15, 0.2) is 14.4 Å². The van der Waals surface area contributed by atoms with E-state index in [9.17, 15) is 14.4 Å². The fourth-order valence-corrected chi connectivity index (χ4v) is 8.90. The first-order chi connectivity index (χ1) is 18.0. The van der Waals surface area contributed by atoms with Crippen molar-refractivity contribution in [2.24, 2.45) is 0 Å². The molecule has 222 valence electrons. The molecule has 1 aromatic rings. The van der Waals surface area contributed by atoms with Gasteiger partial charge in [0, 0.05) is 88.6 Å². The topological polar surface area (TPSA) is 140 Å². The zero-order valence-electron chi connectivity index (χ0n) is 24.2. The van der Waals surface area contributed by atoms with Crippen LogP contribution in [0.25, 0.3) is 0 Å². The van der Waals surface area contributed by atoms with Crippen LogP contribution in [0.1, 0.15) is 19.3 Å². The second-order valence-corrected chi connectivity index (χ2v) is 18.5. The lowest BCUT2D eigenvalue weighted by atomic mass is 10.4. The summed E-state index contributed by atoms with van der Waals surface area (Å²) in [6.07, 6.45) is 1.22. The van der Waals surface area contributed by atoms with E-state index in [-0.39, 0.29) is 19.6 Å². The van der Waals surface area contributed by atoms with Crippen molar-refractivity contribution in [1.82, 2.24) is 13.7 Å². The highest BCUT2D eigenvalue weighted by molar-refractivity contribution is 6.65. The molecule has 0 spiro atoms. The Bertz CT molecular complexity index is 938. The van der Waals surface area contributed by atoms with Crippen LogP contribution in [0, 0.1) is 0 Å². The molecule has 0 N–H and O–H groups in total. The molecule has 0 amide bonds. The average Bonchev–Trinajstić information content (AvgIpc) is 2.94. The molecular weight excluding hydrogens is 554 g/mol. The molecule has 0 fully saturated rings. The highest BCUT2D eigenvalue weighted by Crippen LogP contribution is 2.17. The van der Waals surface area contributed by atoms with Gasteiger partial charge in [-0.05, 0) is 31.9 Å². The Morgan fingerprint density at radius 3 is 0.974 bits per heavy atom. The zero-order chi connectivity index (χ0) is 29.0. The van der Waals surface area contributed by atoms with Crippen LogP contribution in [-0.2, 0) is 55.0 Å². The number of hydrogen-bond acceptors (Lipinski definition) is 11. The van der Waals surface area contributed by atoms with Crippen LogP contribution < -0.4 is 17.1 Å². The summed E-state index contributed by atoms with van der Waals surface area (Å²) in [7, 11) is 3.96. The third-order valence-electron chi connectivity index (χ3n) is 6.86. The van der Waals surface area contributed by atoms with E-state index in [2.05, 4.69) is 0 Å². The Morgan fingerprint density at radius 1 is 0.474 bits per heavy atom. The van der Waals surface area contributed by atoms with Gasteiger partial charge in [0.15, 0.2) is 0 Å². The van der Waals surface area contributed by atoms with E-state index >= 15 is 0 Å². The van der Waals surface area contributed by atoms with Crippen molar-refractivity contribution in [3.63, 3.8) is 0 Å². The van der Waals surface area contributed by atoms with Gasteiger partial charge in [-0.3, -0.25) is 0 Å². The molecule has 0 saturated carbocycles. The highest BCUT2D eigenvalue weighted by Gasteiger charge is 2.38. The van der Waals surface area contributed by atoms with E-state index in [4.69, 9.17) is 35.4 Å². The fourth-order valence-electron chi connectivity index (χ4n) is 4.12. The first kappa shape index (κ1) is 34.8. The molecule has 0 aromatic carbocycles. The number of nitrogens with zero attached hydrogens (tertiary/aromatic N) is 3. The van der Waals surface area contributed by atoms with E-state index < -0.39 is 43.2 Å². The SMILES string of the molecule is CO[Si](C)(CCCn1c(=O)n(CCC[Si](OC)(OC)OC)c(=O)n(CCC[Si](OC)(OC)OC)c1=O)OC. The summed E-state index contributed by atoms with van der Waals surface area (Å²) in [5, 5.41) is 0. The summed E-state index contributed by atoms with van der Waals surface area (Å²) >= 11 is 0. The summed E-state index contributed by atoms with van der Waals surface area (Å²) in [6.45, 7) is 2.16. The average molecular weight is 600 g/mol. The monoisotopic (exact) mass is 599 g/mol. The van der Waals surface area contributed by atoms with Gasteiger partial charge in [-0.1, -0.05) is 0 Å². The molecule has 0 unspecified atom stereocenters. The first-order valence-corrected chi connectivity index (χ1v) is 18.7. The summed E-state index contributed by atoms with van der Waals surface area (Å²) in [6, 6.07) is 1.34. The van der Waals surface area contributed by atoms with E-state index in [1.165, 1.54) is 42.7 Å². The van der Waals surface area contributed by atoms with Crippen LogP contribution in [0.4, 0.5) is 0 Å². The van der Waals surface area contributed by atoms with Crippen LogP contribution in [-0.4, -0.2) is 96.7 Å². The zero-order valence-corrected chi connectivity index (χ0v) is 27.2. The van der Waals surface area contributed by atoms with E-state index in [1.54, 1.807) is 14.2 Å². The molecular formula is C21H45N3O11Si3. The molecule has 0 radical (unpaired) electrons. The lowest BCUT2D eigenvalue weighted by molar-refractivity contribution is 0.122. The molecule has 0 saturated heterocycles. The summed E-state index contributed by atoms with van der Waals surface area (Å²) < 4.78 is 46.9. The minimum atomic E-state index is -2.90. The maximum absolute atomic E-state index is 13.3. The van der Waals surface area contributed by atoms with Crippen molar-refractivity contribution in [2.75, 3.05) is 56.9 Å². The molecule has 1 heterocycles. The molecule has 0 aliphatic rings. The van der Waals surface area contributed by atoms with Gasteiger partial charge < -0.3 is 35.4 Å². The van der Waals surface area contributed by atoms with Crippen molar-refractivity contribution in [3.05, 3.63) is 31.5 Å². The van der Waals surface area contributed by atoms with E-state index in [1.807, 2.05) is 6.55 Å². The summed E-state index contributed by atoms with van der Waals surface area (Å²) in [5.74, 6) is 0. The summed E-state index contributed by atoms with van der Waals surface area (Å²) in [4.78, 5) is 40.0. The second kappa shape index (κ2) is 16.1. The Kier molecular flexibility index (Phi) is 14.7. The number of hydrogen-bond donors (Lipinski definition) is 0. The van der Waals surface area contributed by atoms with Gasteiger partial charge in [-0.25, -0.2) is 28.1 Å². The second-order valence-electron chi connectivity index (χ2n) is 8.75. The Labute approximate surface area is 227 Å². The van der Waals surface area contributed by atoms with Crippen molar-refractivity contribution >= 4 is 26.2 Å². The largest absolute Gasteiger partial charge is 0.500 e. The van der Waals surface area contributed by atoms with Crippen LogP contribution in [0.3, 0.4) is 0 Å². The maximum Gasteiger partial charge on any atom is 0.500 e. The normalized spacial score (nSPS) is 12.9. The maximum atomic E-state index is 13.3. The first-order valence-electron chi connectivity index (χ1n) is 12.4. The molecule has 0 atom stereocenters. The standard InChI is InChI=1S/C21H45N3O11Si3/c1-28-36(9,29-2)16-10-13-22-19(25)23(14-11-17-37(30-3,31-4)32-5)21(27)24(20(22)26)15-12-18-38(33-6,34-7)35-8/h10-18H2,1-9H3. The van der Waals surface area contributed by atoms with Gasteiger partial charge in [0.1, 0.15) is 0 Å². The van der Waals surface area contributed by atoms with Crippen LogP contribution in [0.2, 0.25) is 24.7 Å². The smallest absolute Gasteiger partial charge is 0.398 e. The minimum Gasteiger partial charge on any atom is -0.398 e. The van der Waals surface area contributed by atoms with Crippen molar-refractivity contribution in [1.29, 1.82) is 0 Å². The van der Waals surface area contributed by atoms with Gasteiger partial charge in [-0.2, -0.15) is 0 Å². The van der Waals surface area contributed by atoms with Crippen LogP contribution >= 0.6 is 0 Å². The molecule has 1 aromatic heterocycles. The van der Waals surface area contributed by atoms with Crippen LogP contribution in [0.5, 0.6) is 0 Å².